The number of hydrogen-bond acceptors (Lipinski definition) is 3. The summed E-state index contributed by atoms with van der Waals surface area (Å²) in [7, 11) is 1.56. The van der Waals surface area contributed by atoms with E-state index in [2.05, 4.69) is 5.32 Å². The number of carbonyl (C=O) groups excluding carboxylic acids is 2. The van der Waals surface area contributed by atoms with Gasteiger partial charge in [-0.15, -0.1) is 0 Å². The number of rotatable bonds is 4. The SMILES string of the molecule is COc1cc(C(=O)Nc2ccccc2C(C)=O)ccc1C. The smallest absolute Gasteiger partial charge is 0.255 e. The van der Waals surface area contributed by atoms with Gasteiger partial charge < -0.3 is 10.1 Å². The van der Waals surface area contributed by atoms with Crippen LogP contribution in [-0.4, -0.2) is 18.8 Å². The Balaban J connectivity index is 2.28. The maximum absolute atomic E-state index is 12.3. The van der Waals surface area contributed by atoms with Crippen LogP contribution in [0, 0.1) is 6.92 Å². The lowest BCUT2D eigenvalue weighted by molar-refractivity contribution is 0.101. The molecule has 0 atom stereocenters. The van der Waals surface area contributed by atoms with E-state index in [0.717, 1.165) is 5.56 Å². The van der Waals surface area contributed by atoms with Crippen LogP contribution in [0.5, 0.6) is 5.75 Å². The van der Waals surface area contributed by atoms with Crippen LogP contribution in [0.1, 0.15) is 33.2 Å². The molecule has 0 saturated heterocycles. The van der Waals surface area contributed by atoms with E-state index in [1.807, 2.05) is 13.0 Å². The molecule has 0 unspecified atom stereocenters. The molecule has 21 heavy (non-hydrogen) atoms. The number of aryl methyl sites for hydroxylation is 1. The highest BCUT2D eigenvalue weighted by atomic mass is 16.5. The molecule has 2 rings (SSSR count). The third-order valence-corrected chi connectivity index (χ3v) is 3.22. The lowest BCUT2D eigenvalue weighted by Gasteiger charge is -2.10. The van der Waals surface area contributed by atoms with Gasteiger partial charge in [0, 0.05) is 11.1 Å². The zero-order valence-corrected chi connectivity index (χ0v) is 12.3. The van der Waals surface area contributed by atoms with Crippen molar-refractivity contribution in [1.82, 2.24) is 0 Å². The Morgan fingerprint density at radius 3 is 2.48 bits per heavy atom. The van der Waals surface area contributed by atoms with Gasteiger partial charge in [0.1, 0.15) is 5.75 Å². The Kier molecular flexibility index (Phi) is 4.38. The van der Waals surface area contributed by atoms with Crippen LogP contribution in [-0.2, 0) is 0 Å². The number of benzene rings is 2. The summed E-state index contributed by atoms with van der Waals surface area (Å²) < 4.78 is 5.21. The minimum atomic E-state index is -0.276. The number of Topliss-reactive ketones (excluding diaryl/α,β-unsaturated/α-hetero) is 1. The molecule has 2 aromatic rings. The molecule has 0 radical (unpaired) electrons. The van der Waals surface area contributed by atoms with Gasteiger partial charge in [0.2, 0.25) is 0 Å². The van der Waals surface area contributed by atoms with Crippen molar-refractivity contribution in [3.05, 3.63) is 59.2 Å². The highest BCUT2D eigenvalue weighted by Gasteiger charge is 2.12. The Morgan fingerprint density at radius 1 is 1.10 bits per heavy atom. The first kappa shape index (κ1) is 14.8. The first-order valence-electron chi connectivity index (χ1n) is 6.59. The van der Waals surface area contributed by atoms with E-state index in [1.54, 1.807) is 43.5 Å². The first-order chi connectivity index (χ1) is 10.0. The summed E-state index contributed by atoms with van der Waals surface area (Å²) >= 11 is 0. The molecular formula is C17H17NO3. The molecule has 4 nitrogen and oxygen atoms in total. The topological polar surface area (TPSA) is 55.4 Å². The van der Waals surface area contributed by atoms with Crippen LogP contribution in [0.25, 0.3) is 0 Å². The van der Waals surface area contributed by atoms with Gasteiger partial charge >= 0.3 is 0 Å². The molecule has 0 aromatic heterocycles. The van der Waals surface area contributed by atoms with E-state index < -0.39 is 0 Å². The molecule has 0 aliphatic carbocycles. The molecule has 0 aliphatic rings. The molecule has 1 amide bonds. The van der Waals surface area contributed by atoms with Crippen molar-refractivity contribution in [3.8, 4) is 5.75 Å². The van der Waals surface area contributed by atoms with Crippen LogP contribution in [0.4, 0.5) is 5.69 Å². The van der Waals surface area contributed by atoms with Crippen LogP contribution in [0.3, 0.4) is 0 Å². The van der Waals surface area contributed by atoms with Gasteiger partial charge in [-0.1, -0.05) is 18.2 Å². The van der Waals surface area contributed by atoms with Crippen molar-refractivity contribution in [2.45, 2.75) is 13.8 Å². The van der Waals surface area contributed by atoms with Crippen LogP contribution >= 0.6 is 0 Å². The average Bonchev–Trinajstić information content (AvgIpc) is 2.48. The molecule has 108 valence electrons. The Hall–Kier alpha value is -2.62. The van der Waals surface area contributed by atoms with Crippen molar-refractivity contribution >= 4 is 17.4 Å². The minimum absolute atomic E-state index is 0.0904. The summed E-state index contributed by atoms with van der Waals surface area (Å²) in [5.74, 6) is 0.289. The largest absolute Gasteiger partial charge is 0.496 e. The summed E-state index contributed by atoms with van der Waals surface area (Å²) in [6, 6.07) is 12.2. The van der Waals surface area contributed by atoms with Gasteiger partial charge in [-0.2, -0.15) is 0 Å². The molecule has 0 saturated carbocycles. The zero-order chi connectivity index (χ0) is 15.4. The maximum Gasteiger partial charge on any atom is 0.255 e. The second-order valence-electron chi connectivity index (χ2n) is 4.74. The number of hydrogen-bond donors (Lipinski definition) is 1. The zero-order valence-electron chi connectivity index (χ0n) is 12.3. The summed E-state index contributed by atoms with van der Waals surface area (Å²) in [4.78, 5) is 23.8. The molecule has 4 heteroatoms. The van der Waals surface area contributed by atoms with Crippen molar-refractivity contribution < 1.29 is 14.3 Å². The molecule has 1 N–H and O–H groups in total. The molecule has 0 heterocycles. The lowest BCUT2D eigenvalue weighted by atomic mass is 10.1. The van der Waals surface area contributed by atoms with E-state index >= 15 is 0 Å². The van der Waals surface area contributed by atoms with Gasteiger partial charge in [0.05, 0.1) is 12.8 Å². The summed E-state index contributed by atoms with van der Waals surface area (Å²) in [5.41, 5.74) is 2.44. The average molecular weight is 283 g/mol. The van der Waals surface area contributed by atoms with Crippen molar-refractivity contribution in [1.29, 1.82) is 0 Å². The summed E-state index contributed by atoms with van der Waals surface area (Å²) in [5, 5.41) is 2.76. The highest BCUT2D eigenvalue weighted by Crippen LogP contribution is 2.21. The fourth-order valence-electron chi connectivity index (χ4n) is 2.05. The minimum Gasteiger partial charge on any atom is -0.496 e. The van der Waals surface area contributed by atoms with Crippen LogP contribution < -0.4 is 10.1 Å². The number of carbonyl (C=O) groups is 2. The number of methoxy groups -OCH3 is 1. The Bertz CT molecular complexity index is 692. The van der Waals surface area contributed by atoms with Crippen LogP contribution in [0.2, 0.25) is 0 Å². The van der Waals surface area contributed by atoms with E-state index in [1.165, 1.54) is 6.92 Å². The van der Waals surface area contributed by atoms with Gasteiger partial charge in [-0.3, -0.25) is 9.59 Å². The van der Waals surface area contributed by atoms with E-state index in [9.17, 15) is 9.59 Å². The highest BCUT2D eigenvalue weighted by molar-refractivity contribution is 6.09. The van der Waals surface area contributed by atoms with Gasteiger partial charge in [-0.25, -0.2) is 0 Å². The second-order valence-corrected chi connectivity index (χ2v) is 4.74. The number of para-hydroxylation sites is 1. The monoisotopic (exact) mass is 283 g/mol. The summed E-state index contributed by atoms with van der Waals surface area (Å²) in [6.45, 7) is 3.38. The first-order valence-corrected chi connectivity index (χ1v) is 6.59. The number of ether oxygens (including phenoxy) is 1. The van der Waals surface area contributed by atoms with Gasteiger partial charge in [0.15, 0.2) is 5.78 Å². The molecule has 0 aliphatic heterocycles. The fraction of sp³-hybridized carbons (Fsp3) is 0.176. The van der Waals surface area contributed by atoms with Crippen LogP contribution in [0.15, 0.2) is 42.5 Å². The number of amides is 1. The number of anilines is 1. The third-order valence-electron chi connectivity index (χ3n) is 3.22. The predicted octanol–water partition coefficient (Wildman–Crippen LogP) is 3.46. The normalized spacial score (nSPS) is 10.0. The molecular weight excluding hydrogens is 266 g/mol. The van der Waals surface area contributed by atoms with Crippen molar-refractivity contribution in [3.63, 3.8) is 0 Å². The second kappa shape index (κ2) is 6.22. The van der Waals surface area contributed by atoms with E-state index in [-0.39, 0.29) is 11.7 Å². The lowest BCUT2D eigenvalue weighted by Crippen LogP contribution is -2.14. The number of ketones is 1. The fourth-order valence-corrected chi connectivity index (χ4v) is 2.05. The van der Waals surface area contributed by atoms with E-state index in [4.69, 9.17) is 4.74 Å². The van der Waals surface area contributed by atoms with E-state index in [0.29, 0.717) is 22.6 Å². The van der Waals surface area contributed by atoms with Crippen molar-refractivity contribution in [2.75, 3.05) is 12.4 Å². The van der Waals surface area contributed by atoms with Gasteiger partial charge in [0.25, 0.3) is 5.91 Å². The molecule has 0 fully saturated rings. The predicted molar refractivity (Wildman–Crippen MR) is 82.1 cm³/mol. The maximum atomic E-state index is 12.3. The summed E-state index contributed by atoms with van der Waals surface area (Å²) in [6.07, 6.45) is 0. The number of nitrogens with one attached hydrogen (secondary N) is 1. The Labute approximate surface area is 123 Å². The Morgan fingerprint density at radius 2 is 1.81 bits per heavy atom. The van der Waals surface area contributed by atoms with Crippen molar-refractivity contribution in [2.24, 2.45) is 0 Å². The third kappa shape index (κ3) is 3.28. The molecule has 2 aromatic carbocycles. The standard InChI is InChI=1S/C17H17NO3/c1-11-8-9-13(10-16(11)21-3)17(20)18-15-7-5-4-6-14(15)12(2)19/h4-10H,1-3H3,(H,18,20). The van der Waals surface area contributed by atoms with Gasteiger partial charge in [-0.05, 0) is 43.7 Å². The quantitative estimate of drug-likeness (QED) is 0.874. The molecule has 0 bridgehead atoms. The molecule has 0 spiro atoms.